The molecule has 1 saturated heterocycles. The minimum atomic E-state index is -0.759. The minimum Gasteiger partial charge on any atom is -0.381 e. The highest BCUT2D eigenvalue weighted by atomic mass is 19.1. The monoisotopic (exact) mass is 387 g/mol. The van der Waals surface area contributed by atoms with Crippen LogP contribution in [0, 0.1) is 15.9 Å². The highest BCUT2D eigenvalue weighted by Crippen LogP contribution is 2.35. The number of nitrogens with one attached hydrogen (secondary N) is 2. The summed E-state index contributed by atoms with van der Waals surface area (Å²) >= 11 is 0. The zero-order chi connectivity index (χ0) is 20.0. The molecule has 0 unspecified atom stereocenters. The molecule has 1 aliphatic heterocycles. The van der Waals surface area contributed by atoms with Gasteiger partial charge in [-0.25, -0.2) is 4.39 Å². The van der Waals surface area contributed by atoms with Gasteiger partial charge in [-0.15, -0.1) is 0 Å². The maximum atomic E-state index is 13.3. The Morgan fingerprint density at radius 2 is 1.79 bits per heavy atom. The van der Waals surface area contributed by atoms with Crippen LogP contribution in [0.25, 0.3) is 0 Å². The van der Waals surface area contributed by atoms with Gasteiger partial charge < -0.3 is 15.4 Å². The predicted molar refractivity (Wildman–Crippen MR) is 103 cm³/mol. The number of halogens is 1. The molecule has 0 atom stereocenters. The molecule has 1 heterocycles. The Kier molecular flexibility index (Phi) is 6.20. The first-order valence-corrected chi connectivity index (χ1v) is 9.12. The fraction of sp³-hybridized carbons (Fsp3) is 0.350. The Morgan fingerprint density at radius 3 is 2.46 bits per heavy atom. The number of carbonyl (C=O) groups excluding carboxylic acids is 1. The second kappa shape index (κ2) is 8.79. The van der Waals surface area contributed by atoms with Crippen molar-refractivity contribution in [2.75, 3.05) is 31.6 Å². The van der Waals surface area contributed by atoms with Crippen molar-refractivity contribution in [2.45, 2.75) is 18.3 Å². The molecule has 0 aromatic heterocycles. The zero-order valence-corrected chi connectivity index (χ0v) is 15.3. The molecule has 7 nitrogen and oxygen atoms in total. The average Bonchev–Trinajstić information content (AvgIpc) is 2.72. The SMILES string of the molecule is O=C(NCCNc1ccccc1[N+](=O)[O-])C1(c2ccc(F)cc2)CCOCC1. The van der Waals surface area contributed by atoms with Gasteiger partial charge in [-0.2, -0.15) is 0 Å². The Balaban J connectivity index is 1.63. The van der Waals surface area contributed by atoms with Crippen LogP contribution in [0.5, 0.6) is 0 Å². The standard InChI is InChI=1S/C20H22FN3O4/c21-16-7-5-15(6-8-16)20(9-13-28-14-10-20)19(25)23-12-11-22-17-3-1-2-4-18(17)24(26)27/h1-8,22H,9-14H2,(H,23,25). The molecule has 0 spiro atoms. The van der Waals surface area contributed by atoms with Crippen molar-refractivity contribution >= 4 is 17.3 Å². The first-order valence-electron chi connectivity index (χ1n) is 9.12. The number of nitro benzene ring substituents is 1. The van der Waals surface area contributed by atoms with Gasteiger partial charge in [0, 0.05) is 32.4 Å². The molecule has 28 heavy (non-hydrogen) atoms. The van der Waals surface area contributed by atoms with Crippen LogP contribution in [0.4, 0.5) is 15.8 Å². The van der Waals surface area contributed by atoms with E-state index in [1.165, 1.54) is 18.2 Å². The third-order valence-electron chi connectivity index (χ3n) is 5.00. The van der Waals surface area contributed by atoms with Crippen molar-refractivity contribution in [1.82, 2.24) is 5.32 Å². The van der Waals surface area contributed by atoms with Gasteiger partial charge in [0.25, 0.3) is 5.69 Å². The Morgan fingerprint density at radius 1 is 1.11 bits per heavy atom. The van der Waals surface area contributed by atoms with Crippen molar-refractivity contribution in [3.05, 3.63) is 70.0 Å². The van der Waals surface area contributed by atoms with E-state index in [1.807, 2.05) is 0 Å². The lowest BCUT2D eigenvalue weighted by Gasteiger charge is -2.36. The largest absolute Gasteiger partial charge is 0.381 e. The number of hydrogen-bond donors (Lipinski definition) is 2. The number of amides is 1. The fourth-order valence-corrected chi connectivity index (χ4v) is 3.46. The van der Waals surface area contributed by atoms with Gasteiger partial charge in [-0.3, -0.25) is 14.9 Å². The summed E-state index contributed by atoms with van der Waals surface area (Å²) in [7, 11) is 0. The summed E-state index contributed by atoms with van der Waals surface area (Å²) in [6.07, 6.45) is 1.03. The molecule has 0 bridgehead atoms. The number of hydrogen-bond acceptors (Lipinski definition) is 5. The highest BCUT2D eigenvalue weighted by molar-refractivity contribution is 5.88. The molecule has 2 aromatic rings. The molecule has 0 aliphatic carbocycles. The number of carbonyl (C=O) groups is 1. The van der Waals surface area contributed by atoms with Crippen LogP contribution in [-0.4, -0.2) is 37.1 Å². The van der Waals surface area contributed by atoms with Crippen molar-refractivity contribution in [3.8, 4) is 0 Å². The molecule has 2 aromatic carbocycles. The molecule has 2 N–H and O–H groups in total. The number of anilines is 1. The predicted octanol–water partition coefficient (Wildman–Crippen LogP) is 3.01. The second-order valence-corrected chi connectivity index (χ2v) is 6.66. The van der Waals surface area contributed by atoms with E-state index >= 15 is 0 Å². The molecular weight excluding hydrogens is 365 g/mol. The molecule has 0 radical (unpaired) electrons. The third kappa shape index (κ3) is 4.28. The summed E-state index contributed by atoms with van der Waals surface area (Å²) in [4.78, 5) is 23.6. The molecule has 148 valence electrons. The van der Waals surface area contributed by atoms with Crippen molar-refractivity contribution in [2.24, 2.45) is 0 Å². The fourth-order valence-electron chi connectivity index (χ4n) is 3.46. The van der Waals surface area contributed by atoms with E-state index in [2.05, 4.69) is 10.6 Å². The van der Waals surface area contributed by atoms with Crippen LogP contribution in [0.1, 0.15) is 18.4 Å². The smallest absolute Gasteiger partial charge is 0.292 e. The first-order chi connectivity index (χ1) is 13.5. The van der Waals surface area contributed by atoms with Gasteiger partial charge in [-0.05, 0) is 36.6 Å². The molecule has 3 rings (SSSR count). The Bertz CT molecular complexity index is 836. The van der Waals surface area contributed by atoms with Crippen LogP contribution >= 0.6 is 0 Å². The van der Waals surface area contributed by atoms with Gasteiger partial charge in [0.2, 0.25) is 5.91 Å². The summed E-state index contributed by atoms with van der Waals surface area (Å²) in [5.74, 6) is -0.494. The lowest BCUT2D eigenvalue weighted by molar-refractivity contribution is -0.384. The van der Waals surface area contributed by atoms with Gasteiger partial charge in [0.05, 0.1) is 10.3 Å². The van der Waals surface area contributed by atoms with Gasteiger partial charge in [0.1, 0.15) is 11.5 Å². The molecule has 1 fully saturated rings. The van der Waals surface area contributed by atoms with Crippen molar-refractivity contribution in [3.63, 3.8) is 0 Å². The summed E-state index contributed by atoms with van der Waals surface area (Å²) < 4.78 is 18.7. The number of para-hydroxylation sites is 2. The van der Waals surface area contributed by atoms with Gasteiger partial charge >= 0.3 is 0 Å². The Hall–Kier alpha value is -3.00. The van der Waals surface area contributed by atoms with Crippen LogP contribution in [0.15, 0.2) is 48.5 Å². The van der Waals surface area contributed by atoms with E-state index < -0.39 is 10.3 Å². The van der Waals surface area contributed by atoms with E-state index in [0.717, 1.165) is 5.56 Å². The van der Waals surface area contributed by atoms with Crippen molar-refractivity contribution in [1.29, 1.82) is 0 Å². The summed E-state index contributed by atoms with van der Waals surface area (Å²) in [5, 5.41) is 16.9. The molecule has 0 saturated carbocycles. The number of nitro groups is 1. The normalized spacial score (nSPS) is 15.6. The van der Waals surface area contributed by atoms with Gasteiger partial charge in [0.15, 0.2) is 0 Å². The molecule has 8 heteroatoms. The maximum Gasteiger partial charge on any atom is 0.292 e. The van der Waals surface area contributed by atoms with Crippen LogP contribution in [0.2, 0.25) is 0 Å². The number of rotatable bonds is 7. The second-order valence-electron chi connectivity index (χ2n) is 6.66. The summed E-state index contributed by atoms with van der Waals surface area (Å²) in [6, 6.07) is 12.4. The van der Waals surface area contributed by atoms with Crippen LogP contribution in [0.3, 0.4) is 0 Å². The van der Waals surface area contributed by atoms with E-state index in [9.17, 15) is 19.3 Å². The van der Waals surface area contributed by atoms with Crippen LogP contribution in [-0.2, 0) is 14.9 Å². The van der Waals surface area contributed by atoms with Gasteiger partial charge in [-0.1, -0.05) is 24.3 Å². The molecular formula is C20H22FN3O4. The number of benzene rings is 2. The summed E-state index contributed by atoms with van der Waals surface area (Å²) in [5.41, 5.74) is 0.397. The average molecular weight is 387 g/mol. The van der Waals surface area contributed by atoms with Crippen molar-refractivity contribution < 1.29 is 18.8 Å². The quantitative estimate of drug-likeness (QED) is 0.433. The van der Waals surface area contributed by atoms with E-state index in [0.29, 0.717) is 44.8 Å². The number of ether oxygens (including phenoxy) is 1. The minimum absolute atomic E-state index is 0.0129. The zero-order valence-electron chi connectivity index (χ0n) is 15.3. The topological polar surface area (TPSA) is 93.5 Å². The van der Waals surface area contributed by atoms with Crippen LogP contribution < -0.4 is 10.6 Å². The lowest BCUT2D eigenvalue weighted by atomic mass is 9.73. The maximum absolute atomic E-state index is 13.3. The van der Waals surface area contributed by atoms with E-state index in [1.54, 1.807) is 30.3 Å². The number of nitrogens with zero attached hydrogens (tertiary/aromatic N) is 1. The summed E-state index contributed by atoms with van der Waals surface area (Å²) in [6.45, 7) is 1.56. The third-order valence-corrected chi connectivity index (χ3v) is 5.00. The lowest BCUT2D eigenvalue weighted by Crippen LogP contribution is -2.49. The first kappa shape index (κ1) is 19.8. The molecule has 1 amide bonds. The highest BCUT2D eigenvalue weighted by Gasteiger charge is 2.41. The Labute approximate surface area is 162 Å². The van der Waals surface area contributed by atoms with E-state index in [-0.39, 0.29) is 17.4 Å². The van der Waals surface area contributed by atoms with E-state index in [4.69, 9.17) is 4.74 Å². The molecule has 1 aliphatic rings.